The summed E-state index contributed by atoms with van der Waals surface area (Å²) in [5, 5.41) is 1.26. The van der Waals surface area contributed by atoms with Crippen LogP contribution in [-0.2, 0) is 10.5 Å². The molecule has 7 heteroatoms. The minimum absolute atomic E-state index is 0.0844. The number of hydrogen-bond acceptors (Lipinski definition) is 6. The molecule has 0 N–H and O–H groups in total. The van der Waals surface area contributed by atoms with Gasteiger partial charge in [-0.2, -0.15) is 0 Å². The Morgan fingerprint density at radius 2 is 1.73 bits per heavy atom. The van der Waals surface area contributed by atoms with Crippen LogP contribution >= 0.6 is 23.1 Å². The highest BCUT2D eigenvalue weighted by atomic mass is 32.2. The molecule has 5 nitrogen and oxygen atoms in total. The number of ether oxygens (including phenoxy) is 1. The molecule has 0 aliphatic heterocycles. The predicted molar refractivity (Wildman–Crippen MR) is 152 cm³/mol. The molecule has 0 amide bonds. The molecule has 37 heavy (non-hydrogen) atoms. The fourth-order valence-corrected chi connectivity index (χ4v) is 6.25. The first-order valence-electron chi connectivity index (χ1n) is 12.1. The first-order valence-corrected chi connectivity index (χ1v) is 13.9. The second-order valence-corrected chi connectivity index (χ2v) is 10.7. The fourth-order valence-electron chi connectivity index (χ4n) is 4.21. The van der Waals surface area contributed by atoms with Crippen molar-refractivity contribution in [3.8, 4) is 16.8 Å². The van der Waals surface area contributed by atoms with E-state index in [1.165, 1.54) is 11.8 Å². The van der Waals surface area contributed by atoms with Crippen LogP contribution in [0.25, 0.3) is 27.0 Å². The first-order chi connectivity index (χ1) is 18.1. The fraction of sp³-hybridized carbons (Fsp3) is 0.167. The highest BCUT2D eigenvalue weighted by molar-refractivity contribution is 7.98. The number of carbonyl (C=O) groups excluding carboxylic acids is 1. The van der Waals surface area contributed by atoms with Crippen molar-refractivity contribution in [1.29, 1.82) is 0 Å². The number of hydrogen-bond donors (Lipinski definition) is 0. The van der Waals surface area contributed by atoms with Crippen molar-refractivity contribution in [3.05, 3.63) is 111 Å². The number of fused-ring (bicyclic) bond motifs is 1. The molecule has 0 spiro atoms. The molecule has 186 valence electrons. The zero-order chi connectivity index (χ0) is 25.8. The Morgan fingerprint density at radius 1 is 1.00 bits per heavy atom. The standard InChI is InChI=1S/C30H26N2O3S2/c1-3-17-35-29(34)23-14-10-11-21(18-23)19-36-30-31-27-26(28(33)32(30)24-15-8-5-9-16-24)25(20(2)37-27)22-12-6-4-7-13-22/h4-16,18H,3,17,19H2,1-2H3. The summed E-state index contributed by atoms with van der Waals surface area (Å²) >= 11 is 3.02. The van der Waals surface area contributed by atoms with Crippen LogP contribution in [0.3, 0.4) is 0 Å². The number of esters is 1. The Bertz CT molecular complexity index is 1610. The molecule has 0 aliphatic carbocycles. The smallest absolute Gasteiger partial charge is 0.338 e. The van der Waals surface area contributed by atoms with Crippen LogP contribution in [0, 0.1) is 6.92 Å². The van der Waals surface area contributed by atoms with E-state index in [2.05, 4.69) is 0 Å². The third-order valence-corrected chi connectivity index (χ3v) is 7.92. The van der Waals surface area contributed by atoms with E-state index in [1.54, 1.807) is 22.0 Å². The number of benzene rings is 3. The molecule has 0 radical (unpaired) electrons. The van der Waals surface area contributed by atoms with Crippen molar-refractivity contribution in [2.24, 2.45) is 0 Å². The monoisotopic (exact) mass is 526 g/mol. The Hall–Kier alpha value is -3.68. The number of thiophene rings is 1. The second kappa shape index (κ2) is 11.2. The van der Waals surface area contributed by atoms with E-state index >= 15 is 0 Å². The largest absolute Gasteiger partial charge is 0.462 e. The lowest BCUT2D eigenvalue weighted by Gasteiger charge is -2.13. The molecule has 3 aromatic carbocycles. The van der Waals surface area contributed by atoms with Gasteiger partial charge >= 0.3 is 5.97 Å². The van der Waals surface area contributed by atoms with Gasteiger partial charge in [0.15, 0.2) is 5.16 Å². The van der Waals surface area contributed by atoms with E-state index in [0.717, 1.165) is 38.5 Å². The Labute approximate surface area is 223 Å². The normalized spacial score (nSPS) is 11.1. The zero-order valence-electron chi connectivity index (χ0n) is 20.6. The second-order valence-electron chi connectivity index (χ2n) is 8.57. The third-order valence-electron chi connectivity index (χ3n) is 5.92. The minimum Gasteiger partial charge on any atom is -0.462 e. The Balaban J connectivity index is 1.57. The van der Waals surface area contributed by atoms with Gasteiger partial charge in [-0.05, 0) is 48.7 Å². The van der Waals surface area contributed by atoms with Gasteiger partial charge < -0.3 is 4.74 Å². The van der Waals surface area contributed by atoms with E-state index in [9.17, 15) is 9.59 Å². The van der Waals surface area contributed by atoms with Gasteiger partial charge in [-0.25, -0.2) is 9.78 Å². The van der Waals surface area contributed by atoms with Crippen LogP contribution in [0.15, 0.2) is 94.9 Å². The summed E-state index contributed by atoms with van der Waals surface area (Å²) in [6.07, 6.45) is 0.778. The van der Waals surface area contributed by atoms with E-state index in [1.807, 2.05) is 92.7 Å². The summed E-state index contributed by atoms with van der Waals surface area (Å²) in [7, 11) is 0. The molecule has 0 bridgehead atoms. The maximum atomic E-state index is 14.1. The number of carbonyl (C=O) groups is 1. The van der Waals surface area contributed by atoms with Gasteiger partial charge in [0, 0.05) is 16.2 Å². The molecule has 2 heterocycles. The predicted octanol–water partition coefficient (Wildman–Crippen LogP) is 7.28. The van der Waals surface area contributed by atoms with Gasteiger partial charge in [-0.15, -0.1) is 11.3 Å². The van der Waals surface area contributed by atoms with Gasteiger partial charge in [0.25, 0.3) is 5.56 Å². The molecule has 0 unspecified atom stereocenters. The summed E-state index contributed by atoms with van der Waals surface area (Å²) in [5.41, 5.74) is 4.12. The van der Waals surface area contributed by atoms with Crippen molar-refractivity contribution >= 4 is 39.3 Å². The molecule has 5 rings (SSSR count). The van der Waals surface area contributed by atoms with E-state index in [-0.39, 0.29) is 11.5 Å². The minimum atomic E-state index is -0.322. The molecular formula is C30H26N2O3S2. The van der Waals surface area contributed by atoms with Gasteiger partial charge in [-0.1, -0.05) is 79.3 Å². The number of nitrogens with zero attached hydrogens (tertiary/aromatic N) is 2. The van der Waals surface area contributed by atoms with Crippen LogP contribution in [0.5, 0.6) is 0 Å². The van der Waals surface area contributed by atoms with Crippen LogP contribution in [0.2, 0.25) is 0 Å². The van der Waals surface area contributed by atoms with Gasteiger partial charge in [0.1, 0.15) is 4.83 Å². The third kappa shape index (κ3) is 5.24. The summed E-state index contributed by atoms with van der Waals surface area (Å²) in [5.74, 6) is 0.229. The number of para-hydroxylation sites is 1. The number of rotatable bonds is 8. The van der Waals surface area contributed by atoms with E-state index in [4.69, 9.17) is 9.72 Å². The SMILES string of the molecule is CCCOC(=O)c1cccc(CSc2nc3sc(C)c(-c4ccccc4)c3c(=O)n2-c2ccccc2)c1. The summed E-state index contributed by atoms with van der Waals surface area (Å²) < 4.78 is 6.98. The number of aromatic nitrogens is 2. The lowest BCUT2D eigenvalue weighted by Crippen LogP contribution is -2.21. The summed E-state index contributed by atoms with van der Waals surface area (Å²) in [4.78, 5) is 33.2. The Kier molecular flexibility index (Phi) is 7.53. The highest BCUT2D eigenvalue weighted by Gasteiger charge is 2.21. The van der Waals surface area contributed by atoms with Gasteiger partial charge in [-0.3, -0.25) is 9.36 Å². The van der Waals surface area contributed by atoms with Gasteiger partial charge in [0.05, 0.1) is 23.2 Å². The van der Waals surface area contributed by atoms with Crippen LogP contribution in [0.1, 0.15) is 34.1 Å². The lowest BCUT2D eigenvalue weighted by molar-refractivity contribution is 0.0505. The molecule has 0 fully saturated rings. The molecular weight excluding hydrogens is 500 g/mol. The molecule has 0 aliphatic rings. The Morgan fingerprint density at radius 3 is 2.46 bits per heavy atom. The van der Waals surface area contributed by atoms with Crippen molar-refractivity contribution in [1.82, 2.24) is 9.55 Å². The van der Waals surface area contributed by atoms with Crippen LogP contribution < -0.4 is 5.56 Å². The van der Waals surface area contributed by atoms with Crippen molar-refractivity contribution < 1.29 is 9.53 Å². The molecule has 0 atom stereocenters. The summed E-state index contributed by atoms with van der Waals surface area (Å²) in [6.45, 7) is 4.40. The average molecular weight is 527 g/mol. The quantitative estimate of drug-likeness (QED) is 0.121. The maximum absolute atomic E-state index is 14.1. The first kappa shape index (κ1) is 25.0. The maximum Gasteiger partial charge on any atom is 0.338 e. The molecule has 0 saturated carbocycles. The topological polar surface area (TPSA) is 61.2 Å². The molecule has 0 saturated heterocycles. The van der Waals surface area contributed by atoms with E-state index in [0.29, 0.717) is 28.5 Å². The summed E-state index contributed by atoms with van der Waals surface area (Å²) in [6, 6.07) is 27.0. The van der Waals surface area contributed by atoms with Crippen molar-refractivity contribution in [3.63, 3.8) is 0 Å². The van der Waals surface area contributed by atoms with Crippen molar-refractivity contribution in [2.45, 2.75) is 31.2 Å². The van der Waals surface area contributed by atoms with Gasteiger partial charge in [0.2, 0.25) is 0 Å². The zero-order valence-corrected chi connectivity index (χ0v) is 22.3. The highest BCUT2D eigenvalue weighted by Crippen LogP contribution is 2.37. The number of aryl methyl sites for hydroxylation is 1. The van der Waals surface area contributed by atoms with Crippen molar-refractivity contribution in [2.75, 3.05) is 6.61 Å². The van der Waals surface area contributed by atoms with Crippen LogP contribution in [-0.4, -0.2) is 22.1 Å². The average Bonchev–Trinajstić information content (AvgIpc) is 3.27. The van der Waals surface area contributed by atoms with Crippen LogP contribution in [0.4, 0.5) is 0 Å². The molecule has 2 aromatic heterocycles. The number of thioether (sulfide) groups is 1. The molecule has 5 aromatic rings. The van der Waals surface area contributed by atoms with E-state index < -0.39 is 0 Å². The lowest BCUT2D eigenvalue weighted by atomic mass is 10.0.